The van der Waals surface area contributed by atoms with E-state index in [1.54, 1.807) is 6.08 Å². The lowest BCUT2D eigenvalue weighted by molar-refractivity contribution is -0.122. The molecule has 0 aliphatic carbocycles. The maximum atomic E-state index is 12.4. The van der Waals surface area contributed by atoms with Gasteiger partial charge in [-0.15, -0.1) is 0 Å². The van der Waals surface area contributed by atoms with E-state index in [4.69, 9.17) is 0 Å². The number of carbonyl (C=O) groups is 1. The number of hydrogen-bond acceptors (Lipinski definition) is 4. The van der Waals surface area contributed by atoms with Gasteiger partial charge in [0.05, 0.1) is 17.9 Å². The molecule has 0 radical (unpaired) electrons. The van der Waals surface area contributed by atoms with E-state index in [-0.39, 0.29) is 12.3 Å². The zero-order chi connectivity index (χ0) is 33.3. The first-order chi connectivity index (χ1) is 21.8. The fraction of sp³-hybridized carbons (Fsp3) is 0.763. The van der Waals surface area contributed by atoms with Crippen LogP contribution in [0.2, 0.25) is 0 Å². The van der Waals surface area contributed by atoms with Crippen molar-refractivity contribution in [1.82, 2.24) is 5.32 Å². The Labute approximate surface area is 278 Å². The number of hydrogen-bond donors (Lipinski definition) is 3. The summed E-state index contributed by atoms with van der Waals surface area (Å²) in [6.45, 7) is 4.44. The van der Waals surface area contributed by atoms with E-state index in [1.165, 1.54) is 102 Å². The van der Waals surface area contributed by atoms with Gasteiger partial charge in [-0.05, 0) is 64.2 Å². The summed E-state index contributed by atoms with van der Waals surface area (Å²) in [5.41, 5.74) is 0. The second-order valence-corrected chi connectivity index (χ2v) is 14.0. The van der Waals surface area contributed by atoms with E-state index in [0.717, 1.165) is 44.9 Å². The molecule has 0 aliphatic rings. The van der Waals surface area contributed by atoms with Crippen molar-refractivity contribution in [3.05, 3.63) is 48.6 Å². The average Bonchev–Trinajstić information content (AvgIpc) is 3.00. The third kappa shape index (κ3) is 33.5. The Hall–Kier alpha value is -1.70. The highest BCUT2D eigenvalue weighted by molar-refractivity contribution is 7.85. The van der Waals surface area contributed by atoms with E-state index < -0.39 is 28.0 Å². The number of aliphatic hydroxyl groups excluding tert-OH is 1. The largest absolute Gasteiger partial charge is 0.387 e. The normalized spacial score (nSPS) is 14.0. The van der Waals surface area contributed by atoms with Crippen molar-refractivity contribution in [2.24, 2.45) is 0 Å². The second-order valence-electron chi connectivity index (χ2n) is 12.5. The van der Waals surface area contributed by atoms with Crippen LogP contribution in [0.4, 0.5) is 0 Å². The average molecular weight is 652 g/mol. The quantitative estimate of drug-likeness (QED) is 0.0381. The molecule has 0 heterocycles. The zero-order valence-electron chi connectivity index (χ0n) is 29.0. The third-order valence-corrected chi connectivity index (χ3v) is 8.76. The topological polar surface area (TPSA) is 104 Å². The van der Waals surface area contributed by atoms with E-state index in [9.17, 15) is 22.9 Å². The fourth-order valence-electron chi connectivity index (χ4n) is 5.20. The van der Waals surface area contributed by atoms with Crippen LogP contribution >= 0.6 is 0 Å². The molecule has 262 valence electrons. The standard InChI is InChI=1S/C38H69NO5S/c1-3-5-7-9-11-13-14-15-16-17-18-19-20-21-22-23-24-26-28-30-32-34-38(41)39-36(35-45(42,43)44)37(40)33-31-29-27-25-12-10-8-6-4-2/h12,14-15,17-18,25,31,33,36-37,40H,3-11,13,16,19-24,26-30,32,34-35H2,1-2H3,(H,39,41)(H,42,43,44)/b15-14-,18-17-,25-12+,33-31+. The van der Waals surface area contributed by atoms with Crippen LogP contribution in [0, 0.1) is 0 Å². The smallest absolute Gasteiger partial charge is 0.267 e. The minimum Gasteiger partial charge on any atom is -0.387 e. The maximum Gasteiger partial charge on any atom is 0.267 e. The minimum atomic E-state index is -4.35. The van der Waals surface area contributed by atoms with Gasteiger partial charge in [0.2, 0.25) is 5.91 Å². The number of amides is 1. The molecule has 3 N–H and O–H groups in total. The lowest BCUT2D eigenvalue weighted by Crippen LogP contribution is -2.46. The van der Waals surface area contributed by atoms with Crippen molar-refractivity contribution < 1.29 is 22.9 Å². The van der Waals surface area contributed by atoms with Crippen molar-refractivity contribution in [3.8, 4) is 0 Å². The zero-order valence-corrected chi connectivity index (χ0v) is 29.8. The summed E-state index contributed by atoms with van der Waals surface area (Å²) in [7, 11) is -4.35. The summed E-state index contributed by atoms with van der Waals surface area (Å²) in [4.78, 5) is 12.4. The Morgan fingerprint density at radius 1 is 0.600 bits per heavy atom. The van der Waals surface area contributed by atoms with Crippen molar-refractivity contribution in [3.63, 3.8) is 0 Å². The van der Waals surface area contributed by atoms with Crippen LogP contribution in [0.3, 0.4) is 0 Å². The highest BCUT2D eigenvalue weighted by Crippen LogP contribution is 2.12. The van der Waals surface area contributed by atoms with Crippen molar-refractivity contribution in [1.29, 1.82) is 0 Å². The fourth-order valence-corrected chi connectivity index (χ4v) is 5.93. The molecule has 0 fully saturated rings. The van der Waals surface area contributed by atoms with Crippen molar-refractivity contribution in [2.45, 2.75) is 180 Å². The SMILES string of the molecule is CCCCC/C=C/CC/C=C/C(O)C(CS(=O)(=O)O)NC(=O)CCCCCCCCCCC/C=C\C/C=C\CCCCCCC. The Morgan fingerprint density at radius 2 is 1.02 bits per heavy atom. The van der Waals surface area contributed by atoms with Crippen LogP contribution in [-0.2, 0) is 14.9 Å². The first kappa shape index (κ1) is 43.3. The molecule has 0 saturated carbocycles. The highest BCUT2D eigenvalue weighted by atomic mass is 32.2. The van der Waals surface area contributed by atoms with Crippen LogP contribution in [0.25, 0.3) is 0 Å². The number of carbonyl (C=O) groups excluding carboxylic acids is 1. The molecule has 0 aromatic rings. The van der Waals surface area contributed by atoms with E-state index in [2.05, 4.69) is 55.6 Å². The van der Waals surface area contributed by atoms with Crippen LogP contribution < -0.4 is 5.32 Å². The van der Waals surface area contributed by atoms with Gasteiger partial charge in [-0.1, -0.05) is 146 Å². The van der Waals surface area contributed by atoms with Gasteiger partial charge in [0.15, 0.2) is 0 Å². The number of nitrogens with one attached hydrogen (secondary N) is 1. The van der Waals surface area contributed by atoms with Crippen molar-refractivity contribution >= 4 is 16.0 Å². The number of allylic oxidation sites excluding steroid dienone is 7. The molecule has 0 aromatic carbocycles. The molecule has 6 nitrogen and oxygen atoms in total. The summed E-state index contributed by atoms with van der Waals surface area (Å²) in [6, 6.07) is -1.07. The molecule has 2 atom stereocenters. The molecule has 45 heavy (non-hydrogen) atoms. The number of rotatable bonds is 32. The van der Waals surface area contributed by atoms with Gasteiger partial charge in [-0.3, -0.25) is 9.35 Å². The van der Waals surface area contributed by atoms with E-state index in [0.29, 0.717) is 6.42 Å². The van der Waals surface area contributed by atoms with Gasteiger partial charge in [-0.2, -0.15) is 8.42 Å². The molecule has 0 rings (SSSR count). The van der Waals surface area contributed by atoms with Crippen molar-refractivity contribution in [2.75, 3.05) is 5.75 Å². The van der Waals surface area contributed by atoms with Gasteiger partial charge in [0.25, 0.3) is 10.1 Å². The van der Waals surface area contributed by atoms with Crippen LogP contribution in [-0.4, -0.2) is 41.9 Å². The Kier molecular flexibility index (Phi) is 31.0. The minimum absolute atomic E-state index is 0.281. The predicted octanol–water partition coefficient (Wildman–Crippen LogP) is 10.3. The summed E-state index contributed by atoms with van der Waals surface area (Å²) >= 11 is 0. The molecule has 2 unspecified atom stereocenters. The van der Waals surface area contributed by atoms with Gasteiger partial charge >= 0.3 is 0 Å². The first-order valence-corrected chi connectivity index (χ1v) is 19.9. The number of unbranched alkanes of at least 4 members (excludes halogenated alkanes) is 18. The molecule has 0 saturated heterocycles. The van der Waals surface area contributed by atoms with E-state index >= 15 is 0 Å². The van der Waals surface area contributed by atoms with Crippen LogP contribution in [0.15, 0.2) is 48.6 Å². The lowest BCUT2D eigenvalue weighted by Gasteiger charge is -2.21. The molecule has 7 heteroatoms. The molecule has 0 aliphatic heterocycles. The summed E-state index contributed by atoms with van der Waals surface area (Å²) in [5, 5.41) is 13.1. The van der Waals surface area contributed by atoms with Crippen LogP contribution in [0.5, 0.6) is 0 Å². The van der Waals surface area contributed by atoms with Gasteiger partial charge in [-0.25, -0.2) is 0 Å². The van der Waals surface area contributed by atoms with Gasteiger partial charge in [0, 0.05) is 6.42 Å². The lowest BCUT2D eigenvalue weighted by atomic mass is 10.1. The predicted molar refractivity (Wildman–Crippen MR) is 193 cm³/mol. The van der Waals surface area contributed by atoms with E-state index in [1.807, 2.05) is 0 Å². The van der Waals surface area contributed by atoms with Gasteiger partial charge in [0.1, 0.15) is 0 Å². The van der Waals surface area contributed by atoms with Gasteiger partial charge < -0.3 is 10.4 Å². The number of aliphatic hydroxyl groups is 1. The third-order valence-electron chi connectivity index (χ3n) is 7.98. The molecule has 0 aromatic heterocycles. The summed E-state index contributed by atoms with van der Waals surface area (Å²) in [6.07, 6.45) is 42.5. The monoisotopic (exact) mass is 651 g/mol. The van der Waals surface area contributed by atoms with Crippen LogP contribution in [0.1, 0.15) is 168 Å². The second kappa shape index (κ2) is 32.2. The first-order valence-electron chi connectivity index (χ1n) is 18.3. The Morgan fingerprint density at radius 3 is 1.58 bits per heavy atom. The summed E-state index contributed by atoms with van der Waals surface area (Å²) < 4.78 is 32.2. The molecule has 0 bridgehead atoms. The molecular formula is C38H69NO5S. The maximum absolute atomic E-state index is 12.4. The Bertz CT molecular complexity index is 894. The molecule has 1 amide bonds. The molecule has 0 spiro atoms. The summed E-state index contributed by atoms with van der Waals surface area (Å²) in [5.74, 6) is -1.01. The molecular weight excluding hydrogens is 582 g/mol. The highest BCUT2D eigenvalue weighted by Gasteiger charge is 2.24. The Balaban J connectivity index is 3.91.